The molecule has 0 aromatic heterocycles. The van der Waals surface area contributed by atoms with Crippen molar-refractivity contribution in [1.29, 1.82) is 0 Å². The molecule has 2 N–H and O–H groups in total. The quantitative estimate of drug-likeness (QED) is 0.587. The number of benzene rings is 1. The number of nitrogens with zero attached hydrogens (tertiary/aromatic N) is 1. The number of phenols is 1. The minimum absolute atomic E-state index is 0.0857. The lowest BCUT2D eigenvalue weighted by atomic mass is 10.1. The molecular formula is C10H9NO4. The highest BCUT2D eigenvalue weighted by Gasteiger charge is 2.04. The second kappa shape index (κ2) is 4.36. The number of hydrogen-bond acceptors (Lipinski definition) is 4. The van der Waals surface area contributed by atoms with Crippen LogP contribution < -0.4 is 0 Å². The third kappa shape index (κ3) is 2.63. The van der Waals surface area contributed by atoms with E-state index in [-0.39, 0.29) is 17.0 Å². The third-order valence-electron chi connectivity index (χ3n) is 1.85. The van der Waals surface area contributed by atoms with Gasteiger partial charge in [-0.25, -0.2) is 4.79 Å². The van der Waals surface area contributed by atoms with Crippen LogP contribution in [0.1, 0.15) is 11.1 Å². The van der Waals surface area contributed by atoms with Crippen LogP contribution in [0.3, 0.4) is 0 Å². The number of carboxylic acids is 1. The molecule has 0 heterocycles. The summed E-state index contributed by atoms with van der Waals surface area (Å²) in [6.07, 6.45) is 2.07. The zero-order valence-corrected chi connectivity index (χ0v) is 7.97. The summed E-state index contributed by atoms with van der Waals surface area (Å²) in [5, 5.41) is 20.6. The average Bonchev–Trinajstić information content (AvgIpc) is 2.16. The molecule has 78 valence electrons. The van der Waals surface area contributed by atoms with Crippen molar-refractivity contribution in [2.24, 2.45) is 5.18 Å². The van der Waals surface area contributed by atoms with Gasteiger partial charge in [0.05, 0.1) is 0 Å². The fourth-order valence-corrected chi connectivity index (χ4v) is 1.09. The molecule has 0 bridgehead atoms. The Kier molecular flexibility index (Phi) is 3.17. The topological polar surface area (TPSA) is 87.0 Å². The second-order valence-corrected chi connectivity index (χ2v) is 2.96. The Morgan fingerprint density at radius 1 is 1.47 bits per heavy atom. The van der Waals surface area contributed by atoms with Gasteiger partial charge in [-0.05, 0) is 35.9 Å². The lowest BCUT2D eigenvalue weighted by Gasteiger charge is -2.02. The van der Waals surface area contributed by atoms with Crippen LogP contribution in [0.25, 0.3) is 6.08 Å². The van der Waals surface area contributed by atoms with Gasteiger partial charge in [-0.15, -0.1) is 4.91 Å². The highest BCUT2D eigenvalue weighted by Crippen LogP contribution is 2.28. The standard InChI is InChI=1S/C10H9NO4/c1-6-4-9(12)7(2-3-10(13)14)5-8(6)11-15/h2-5,12H,1H3,(H,13,14). The Hall–Kier alpha value is -2.17. The number of rotatable bonds is 3. The Morgan fingerprint density at radius 2 is 2.13 bits per heavy atom. The SMILES string of the molecule is Cc1cc(O)c(C=CC(=O)O)cc1N=O. The van der Waals surface area contributed by atoms with E-state index >= 15 is 0 Å². The molecule has 5 nitrogen and oxygen atoms in total. The summed E-state index contributed by atoms with van der Waals surface area (Å²) in [6, 6.07) is 2.69. The number of hydrogen-bond donors (Lipinski definition) is 2. The normalized spacial score (nSPS) is 10.5. The van der Waals surface area contributed by atoms with Gasteiger partial charge in [-0.3, -0.25) is 0 Å². The molecule has 15 heavy (non-hydrogen) atoms. The first-order valence-electron chi connectivity index (χ1n) is 4.12. The van der Waals surface area contributed by atoms with E-state index in [1.54, 1.807) is 6.92 Å². The van der Waals surface area contributed by atoms with Gasteiger partial charge in [0.1, 0.15) is 11.4 Å². The predicted octanol–water partition coefficient (Wildman–Crippen LogP) is 2.20. The van der Waals surface area contributed by atoms with Crippen molar-refractivity contribution in [3.05, 3.63) is 34.2 Å². The maximum Gasteiger partial charge on any atom is 0.328 e. The Morgan fingerprint density at radius 3 is 2.67 bits per heavy atom. The highest BCUT2D eigenvalue weighted by molar-refractivity contribution is 5.86. The first-order chi connectivity index (χ1) is 7.04. The van der Waals surface area contributed by atoms with Crippen LogP contribution >= 0.6 is 0 Å². The lowest BCUT2D eigenvalue weighted by Crippen LogP contribution is -1.86. The van der Waals surface area contributed by atoms with Gasteiger partial charge in [-0.1, -0.05) is 0 Å². The summed E-state index contributed by atoms with van der Waals surface area (Å²) in [5.41, 5.74) is 0.963. The van der Waals surface area contributed by atoms with E-state index < -0.39 is 5.97 Å². The van der Waals surface area contributed by atoms with E-state index in [0.717, 1.165) is 6.08 Å². The summed E-state index contributed by atoms with van der Waals surface area (Å²) < 4.78 is 0. The average molecular weight is 207 g/mol. The van der Waals surface area contributed by atoms with E-state index in [1.165, 1.54) is 18.2 Å². The van der Waals surface area contributed by atoms with Crippen LogP contribution in [0.4, 0.5) is 5.69 Å². The van der Waals surface area contributed by atoms with Crippen LogP contribution in [-0.4, -0.2) is 16.2 Å². The summed E-state index contributed by atoms with van der Waals surface area (Å²) >= 11 is 0. The molecule has 0 unspecified atom stereocenters. The smallest absolute Gasteiger partial charge is 0.328 e. The van der Waals surface area contributed by atoms with Crippen molar-refractivity contribution in [3.8, 4) is 5.75 Å². The fourth-order valence-electron chi connectivity index (χ4n) is 1.09. The monoisotopic (exact) mass is 207 g/mol. The van der Waals surface area contributed by atoms with Gasteiger partial charge in [0.25, 0.3) is 0 Å². The maximum atomic E-state index is 10.4. The molecule has 0 saturated carbocycles. The Balaban J connectivity index is 3.18. The number of carbonyl (C=O) groups is 1. The van der Waals surface area contributed by atoms with Gasteiger partial charge in [-0.2, -0.15) is 0 Å². The van der Waals surface area contributed by atoms with Gasteiger partial charge < -0.3 is 10.2 Å². The van der Waals surface area contributed by atoms with Crippen molar-refractivity contribution in [1.82, 2.24) is 0 Å². The van der Waals surface area contributed by atoms with E-state index in [9.17, 15) is 14.8 Å². The molecular weight excluding hydrogens is 198 g/mol. The maximum absolute atomic E-state index is 10.4. The first-order valence-corrected chi connectivity index (χ1v) is 4.12. The molecule has 0 fully saturated rings. The Bertz CT molecular complexity index is 437. The van der Waals surface area contributed by atoms with E-state index in [1.807, 2.05) is 0 Å². The minimum Gasteiger partial charge on any atom is -0.507 e. The summed E-state index contributed by atoms with van der Waals surface area (Å²) in [4.78, 5) is 20.6. The van der Waals surface area contributed by atoms with Gasteiger partial charge in [0.15, 0.2) is 0 Å². The number of aromatic hydroxyl groups is 1. The van der Waals surface area contributed by atoms with Gasteiger partial charge in [0, 0.05) is 11.6 Å². The summed E-state index contributed by atoms with van der Waals surface area (Å²) in [7, 11) is 0. The van der Waals surface area contributed by atoms with Gasteiger partial charge >= 0.3 is 5.97 Å². The van der Waals surface area contributed by atoms with Crippen molar-refractivity contribution in [2.75, 3.05) is 0 Å². The zero-order valence-electron chi connectivity index (χ0n) is 7.97. The molecule has 1 rings (SSSR count). The molecule has 0 atom stereocenters. The molecule has 1 aromatic rings. The predicted molar refractivity (Wildman–Crippen MR) is 55.0 cm³/mol. The fraction of sp³-hybridized carbons (Fsp3) is 0.100. The molecule has 1 aromatic carbocycles. The molecule has 0 radical (unpaired) electrons. The molecule has 5 heteroatoms. The molecule has 0 aliphatic heterocycles. The van der Waals surface area contributed by atoms with Crippen LogP contribution in [0.5, 0.6) is 5.75 Å². The molecule has 0 aliphatic rings. The molecule has 0 amide bonds. The van der Waals surface area contributed by atoms with Crippen molar-refractivity contribution < 1.29 is 15.0 Å². The largest absolute Gasteiger partial charge is 0.507 e. The van der Waals surface area contributed by atoms with Gasteiger partial charge in [0.2, 0.25) is 0 Å². The van der Waals surface area contributed by atoms with E-state index in [0.29, 0.717) is 5.56 Å². The first kappa shape index (κ1) is 10.9. The molecule has 0 aliphatic carbocycles. The number of nitroso groups, excluding NO2 is 1. The third-order valence-corrected chi connectivity index (χ3v) is 1.85. The Labute approximate surface area is 85.6 Å². The summed E-state index contributed by atoms with van der Waals surface area (Å²) in [6.45, 7) is 1.63. The zero-order chi connectivity index (χ0) is 11.4. The molecule has 0 saturated heterocycles. The van der Waals surface area contributed by atoms with E-state index in [4.69, 9.17) is 5.11 Å². The summed E-state index contributed by atoms with van der Waals surface area (Å²) in [5.74, 6) is -1.21. The number of aryl methyl sites for hydroxylation is 1. The van der Waals surface area contributed by atoms with Crippen LogP contribution in [0.15, 0.2) is 23.4 Å². The van der Waals surface area contributed by atoms with E-state index in [2.05, 4.69) is 5.18 Å². The van der Waals surface area contributed by atoms with Crippen LogP contribution in [0.2, 0.25) is 0 Å². The number of phenolic OH excluding ortho intramolecular Hbond substituents is 1. The lowest BCUT2D eigenvalue weighted by molar-refractivity contribution is -0.131. The number of aliphatic carboxylic acids is 1. The van der Waals surface area contributed by atoms with Crippen molar-refractivity contribution >= 4 is 17.7 Å². The molecule has 0 spiro atoms. The number of carboxylic acid groups (broad SMARTS) is 1. The van der Waals surface area contributed by atoms with Crippen molar-refractivity contribution in [2.45, 2.75) is 6.92 Å². The second-order valence-electron chi connectivity index (χ2n) is 2.96. The van der Waals surface area contributed by atoms with Crippen molar-refractivity contribution in [3.63, 3.8) is 0 Å². The van der Waals surface area contributed by atoms with Crippen LogP contribution in [0, 0.1) is 11.8 Å². The minimum atomic E-state index is -1.13. The highest BCUT2D eigenvalue weighted by atomic mass is 16.4. The van der Waals surface area contributed by atoms with Crippen LogP contribution in [-0.2, 0) is 4.79 Å².